The summed E-state index contributed by atoms with van der Waals surface area (Å²) in [4.78, 5) is 22.2. The lowest BCUT2D eigenvalue weighted by atomic mass is 10.1. The van der Waals surface area contributed by atoms with Gasteiger partial charge in [-0.15, -0.1) is 0 Å². The molecule has 20 heavy (non-hydrogen) atoms. The van der Waals surface area contributed by atoms with Crippen LogP contribution in [0.15, 0.2) is 22.7 Å². The monoisotopic (exact) mass is 344 g/mol. The van der Waals surface area contributed by atoms with E-state index in [2.05, 4.69) is 26.6 Å². The fourth-order valence-corrected chi connectivity index (χ4v) is 1.99. The zero-order chi connectivity index (χ0) is 15.1. The largest absolute Gasteiger partial charge is 0.496 e. The van der Waals surface area contributed by atoms with Crippen molar-refractivity contribution < 1.29 is 19.4 Å². The Morgan fingerprint density at radius 2 is 2.15 bits per heavy atom. The number of methoxy groups -OCH3 is 1. The molecular formula is C13H17BrN2O4. The zero-order valence-corrected chi connectivity index (χ0v) is 12.9. The molecule has 1 aromatic rings. The molecule has 1 atom stereocenters. The normalized spacial score (nSPS) is 11.6. The van der Waals surface area contributed by atoms with Crippen LogP contribution >= 0.6 is 15.9 Å². The van der Waals surface area contributed by atoms with E-state index in [1.165, 1.54) is 0 Å². The van der Waals surface area contributed by atoms with Gasteiger partial charge in [0.1, 0.15) is 5.75 Å². The Balaban J connectivity index is 2.43. The van der Waals surface area contributed by atoms with Gasteiger partial charge in [0, 0.05) is 12.2 Å². The van der Waals surface area contributed by atoms with Crippen LogP contribution in [0.25, 0.3) is 0 Å². The average Bonchev–Trinajstić information content (AvgIpc) is 2.38. The van der Waals surface area contributed by atoms with Crippen LogP contribution in [-0.2, 0) is 4.79 Å². The molecule has 0 spiro atoms. The molecule has 1 rings (SSSR count). The molecule has 1 aromatic carbocycles. The van der Waals surface area contributed by atoms with Crippen LogP contribution in [0.3, 0.4) is 0 Å². The third-order valence-corrected chi connectivity index (χ3v) is 3.31. The van der Waals surface area contributed by atoms with Crippen LogP contribution in [0.4, 0.5) is 10.5 Å². The van der Waals surface area contributed by atoms with E-state index < -0.39 is 11.9 Å². The van der Waals surface area contributed by atoms with Gasteiger partial charge in [0.15, 0.2) is 0 Å². The van der Waals surface area contributed by atoms with E-state index in [4.69, 9.17) is 9.84 Å². The Morgan fingerprint density at radius 1 is 1.45 bits per heavy atom. The maximum atomic E-state index is 11.6. The van der Waals surface area contributed by atoms with E-state index in [0.29, 0.717) is 24.4 Å². The molecule has 0 aliphatic heterocycles. The summed E-state index contributed by atoms with van der Waals surface area (Å²) in [6.45, 7) is 1.90. The first-order valence-electron chi connectivity index (χ1n) is 6.05. The number of nitrogens with one attached hydrogen (secondary N) is 2. The molecule has 0 heterocycles. The SMILES string of the molecule is COc1ccc(NC(=O)NCCC(C)C(=O)O)cc1Br. The number of halogens is 1. The smallest absolute Gasteiger partial charge is 0.319 e. The van der Waals surface area contributed by atoms with Crippen molar-refractivity contribution >= 4 is 33.6 Å². The summed E-state index contributed by atoms with van der Waals surface area (Å²) in [5, 5.41) is 14.0. The van der Waals surface area contributed by atoms with Gasteiger partial charge in [-0.05, 0) is 40.5 Å². The Labute approximate surface area is 125 Å². The maximum absolute atomic E-state index is 11.6. The average molecular weight is 345 g/mol. The number of amides is 2. The van der Waals surface area contributed by atoms with E-state index in [9.17, 15) is 9.59 Å². The van der Waals surface area contributed by atoms with E-state index in [0.717, 1.165) is 4.47 Å². The van der Waals surface area contributed by atoms with Crippen LogP contribution in [-0.4, -0.2) is 30.8 Å². The number of rotatable bonds is 6. The van der Waals surface area contributed by atoms with Crippen LogP contribution in [0.2, 0.25) is 0 Å². The van der Waals surface area contributed by atoms with Crippen LogP contribution < -0.4 is 15.4 Å². The lowest BCUT2D eigenvalue weighted by molar-refractivity contribution is -0.141. The fraction of sp³-hybridized carbons (Fsp3) is 0.385. The third kappa shape index (κ3) is 5.08. The van der Waals surface area contributed by atoms with Crippen LogP contribution in [0.5, 0.6) is 5.75 Å². The first-order valence-corrected chi connectivity index (χ1v) is 6.84. The Hall–Kier alpha value is -1.76. The number of aliphatic carboxylic acids is 1. The third-order valence-electron chi connectivity index (χ3n) is 2.69. The van der Waals surface area contributed by atoms with Crippen molar-refractivity contribution in [2.75, 3.05) is 19.0 Å². The van der Waals surface area contributed by atoms with Gasteiger partial charge in [-0.1, -0.05) is 6.92 Å². The highest BCUT2D eigenvalue weighted by atomic mass is 79.9. The molecule has 0 aromatic heterocycles. The van der Waals surface area contributed by atoms with Crippen LogP contribution in [0.1, 0.15) is 13.3 Å². The topological polar surface area (TPSA) is 87.7 Å². The molecule has 0 saturated heterocycles. The number of ether oxygens (including phenoxy) is 1. The van der Waals surface area contributed by atoms with Crippen molar-refractivity contribution in [3.05, 3.63) is 22.7 Å². The molecule has 2 amide bonds. The van der Waals surface area contributed by atoms with Gasteiger partial charge < -0.3 is 20.5 Å². The lowest BCUT2D eigenvalue weighted by Crippen LogP contribution is -2.31. The second kappa shape index (κ2) is 7.74. The van der Waals surface area contributed by atoms with Gasteiger partial charge in [-0.3, -0.25) is 4.79 Å². The molecule has 0 aliphatic carbocycles. The number of carboxylic acids is 1. The summed E-state index contributed by atoms with van der Waals surface area (Å²) < 4.78 is 5.82. The highest BCUT2D eigenvalue weighted by Crippen LogP contribution is 2.27. The zero-order valence-electron chi connectivity index (χ0n) is 11.3. The molecule has 0 aliphatic rings. The molecule has 0 radical (unpaired) electrons. The molecule has 0 saturated carbocycles. The van der Waals surface area contributed by atoms with Crippen molar-refractivity contribution in [3.8, 4) is 5.75 Å². The minimum atomic E-state index is -0.869. The predicted octanol–water partition coefficient (Wildman–Crippen LogP) is 2.69. The number of hydrogen-bond donors (Lipinski definition) is 3. The summed E-state index contributed by atoms with van der Waals surface area (Å²) in [5.41, 5.74) is 0.612. The minimum Gasteiger partial charge on any atom is -0.496 e. The van der Waals surface area contributed by atoms with Crippen molar-refractivity contribution in [2.45, 2.75) is 13.3 Å². The number of carbonyl (C=O) groups is 2. The second-order valence-electron chi connectivity index (χ2n) is 4.26. The quantitative estimate of drug-likeness (QED) is 0.740. The Kier molecular flexibility index (Phi) is 6.30. The molecule has 7 heteroatoms. The highest BCUT2D eigenvalue weighted by Gasteiger charge is 2.11. The minimum absolute atomic E-state index is 0.302. The summed E-state index contributed by atoms with van der Waals surface area (Å²) in [6, 6.07) is 4.78. The number of hydrogen-bond acceptors (Lipinski definition) is 3. The number of carbonyl (C=O) groups excluding carboxylic acids is 1. The summed E-state index contributed by atoms with van der Waals surface area (Å²) in [7, 11) is 1.56. The number of benzene rings is 1. The van der Waals surface area contributed by atoms with Crippen molar-refractivity contribution in [3.63, 3.8) is 0 Å². The van der Waals surface area contributed by atoms with Gasteiger partial charge in [0.05, 0.1) is 17.5 Å². The van der Waals surface area contributed by atoms with E-state index >= 15 is 0 Å². The van der Waals surface area contributed by atoms with Gasteiger partial charge in [0.25, 0.3) is 0 Å². The standard InChI is InChI=1S/C13H17BrN2O4/c1-8(12(17)18)5-6-15-13(19)16-9-3-4-11(20-2)10(14)7-9/h3-4,7-8H,5-6H2,1-2H3,(H,17,18)(H2,15,16,19). The van der Waals surface area contributed by atoms with Crippen molar-refractivity contribution in [1.29, 1.82) is 0 Å². The maximum Gasteiger partial charge on any atom is 0.319 e. The highest BCUT2D eigenvalue weighted by molar-refractivity contribution is 9.10. The van der Waals surface area contributed by atoms with Gasteiger partial charge in [-0.2, -0.15) is 0 Å². The predicted molar refractivity (Wildman–Crippen MR) is 79.1 cm³/mol. The molecule has 1 unspecified atom stereocenters. The van der Waals surface area contributed by atoms with Gasteiger partial charge in [-0.25, -0.2) is 4.79 Å². The second-order valence-corrected chi connectivity index (χ2v) is 5.11. The van der Waals surface area contributed by atoms with Crippen molar-refractivity contribution in [1.82, 2.24) is 5.32 Å². The fourth-order valence-electron chi connectivity index (χ4n) is 1.45. The van der Waals surface area contributed by atoms with E-state index in [1.807, 2.05) is 0 Å². The summed E-state index contributed by atoms with van der Waals surface area (Å²) in [5.74, 6) is -0.678. The number of anilines is 1. The molecule has 3 N–H and O–H groups in total. The Bertz CT molecular complexity index is 493. The molecule has 110 valence electrons. The molecule has 6 nitrogen and oxygen atoms in total. The summed E-state index contributed by atoms with van der Waals surface area (Å²) >= 11 is 3.32. The first kappa shape index (κ1) is 16.3. The lowest BCUT2D eigenvalue weighted by Gasteiger charge is -2.10. The Morgan fingerprint density at radius 3 is 2.70 bits per heavy atom. The van der Waals surface area contributed by atoms with Gasteiger partial charge >= 0.3 is 12.0 Å². The van der Waals surface area contributed by atoms with Gasteiger partial charge in [0.2, 0.25) is 0 Å². The van der Waals surface area contributed by atoms with E-state index in [-0.39, 0.29) is 6.03 Å². The van der Waals surface area contributed by atoms with Crippen LogP contribution in [0, 0.1) is 5.92 Å². The summed E-state index contributed by atoms with van der Waals surface area (Å²) in [6.07, 6.45) is 0.384. The van der Waals surface area contributed by atoms with Crippen molar-refractivity contribution in [2.24, 2.45) is 5.92 Å². The first-order chi connectivity index (χ1) is 9.43. The molecule has 0 bridgehead atoms. The van der Waals surface area contributed by atoms with E-state index in [1.54, 1.807) is 32.2 Å². The number of urea groups is 1. The number of carboxylic acid groups (broad SMARTS) is 1. The molecule has 0 fully saturated rings. The molecular weight excluding hydrogens is 328 g/mol.